The Balaban J connectivity index is 1.71. The maximum atomic E-state index is 12.9. The van der Waals surface area contributed by atoms with E-state index in [-0.39, 0.29) is 10.8 Å². The lowest BCUT2D eigenvalue weighted by molar-refractivity contribution is 0.0860. The number of aliphatic imine (C=N–C) groups is 1. The maximum absolute atomic E-state index is 12.9. The van der Waals surface area contributed by atoms with Crippen molar-refractivity contribution >= 4 is 56.1 Å². The van der Waals surface area contributed by atoms with Crippen LogP contribution in [0.5, 0.6) is 0 Å². The molecule has 6 nitrogen and oxygen atoms in total. The minimum atomic E-state index is -3.54. The number of carbonyl (C=O) groups is 1. The number of halogens is 2. The van der Waals surface area contributed by atoms with Crippen molar-refractivity contribution in [3.05, 3.63) is 63.6 Å². The summed E-state index contributed by atoms with van der Waals surface area (Å²) in [6.07, 6.45) is 0. The Bertz CT molecular complexity index is 1050. The van der Waals surface area contributed by atoms with Gasteiger partial charge in [0.05, 0.1) is 11.4 Å². The quantitative estimate of drug-likeness (QED) is 0.660. The molecule has 0 aromatic heterocycles. The molecule has 0 saturated carbocycles. The first-order valence-electron chi connectivity index (χ1n) is 8.66. The van der Waals surface area contributed by atoms with Gasteiger partial charge in [-0.1, -0.05) is 41.0 Å². The Morgan fingerprint density at radius 2 is 1.86 bits per heavy atom. The highest BCUT2D eigenvalue weighted by Crippen LogP contribution is 2.27. The summed E-state index contributed by atoms with van der Waals surface area (Å²) in [6, 6.07) is 11.2. The SMILES string of the molecule is CN(C)S(=O)(=O)c1ccc(C(=O)N2CCN=C2SCc2ccc(Cl)cc2Cl)cc1. The number of nitrogens with zero attached hydrogens (tertiary/aromatic N) is 3. The van der Waals surface area contributed by atoms with Crippen LogP contribution in [0.25, 0.3) is 0 Å². The maximum Gasteiger partial charge on any atom is 0.259 e. The molecule has 0 atom stereocenters. The highest BCUT2D eigenvalue weighted by molar-refractivity contribution is 8.13. The molecule has 0 saturated heterocycles. The number of thioether (sulfide) groups is 1. The van der Waals surface area contributed by atoms with E-state index in [1.807, 2.05) is 6.07 Å². The Labute approximate surface area is 184 Å². The molecule has 1 amide bonds. The molecule has 0 spiro atoms. The molecule has 29 heavy (non-hydrogen) atoms. The zero-order valence-electron chi connectivity index (χ0n) is 15.8. The molecule has 154 valence electrons. The second-order valence-corrected chi connectivity index (χ2v) is 10.4. The summed E-state index contributed by atoms with van der Waals surface area (Å²) in [5.41, 5.74) is 1.31. The normalized spacial score (nSPS) is 14.4. The zero-order valence-corrected chi connectivity index (χ0v) is 18.9. The summed E-state index contributed by atoms with van der Waals surface area (Å²) < 4.78 is 25.5. The standard InChI is InChI=1S/C19H19Cl2N3O3S2/c1-23(2)29(26,27)16-7-4-13(5-8-16)18(25)24-10-9-22-19(24)28-12-14-3-6-15(20)11-17(14)21/h3-8,11H,9-10,12H2,1-2H3. The van der Waals surface area contributed by atoms with Crippen LogP contribution in [-0.4, -0.2) is 55.9 Å². The van der Waals surface area contributed by atoms with Crippen molar-refractivity contribution in [2.24, 2.45) is 4.99 Å². The molecule has 2 aromatic rings. The molecule has 0 fully saturated rings. The van der Waals surface area contributed by atoms with Gasteiger partial charge in [-0.2, -0.15) is 0 Å². The predicted octanol–water partition coefficient (Wildman–Crippen LogP) is 3.99. The van der Waals surface area contributed by atoms with Crippen LogP contribution >= 0.6 is 35.0 Å². The second-order valence-electron chi connectivity index (χ2n) is 6.46. The van der Waals surface area contributed by atoms with Crippen molar-refractivity contribution in [3.8, 4) is 0 Å². The Hall–Kier alpha value is -1.58. The van der Waals surface area contributed by atoms with Crippen LogP contribution in [0, 0.1) is 0 Å². The zero-order chi connectivity index (χ0) is 21.2. The van der Waals surface area contributed by atoms with E-state index < -0.39 is 10.0 Å². The van der Waals surface area contributed by atoms with Crippen LogP contribution in [0.1, 0.15) is 15.9 Å². The Kier molecular flexibility index (Phi) is 6.90. The van der Waals surface area contributed by atoms with Crippen LogP contribution in [0.15, 0.2) is 52.4 Å². The molecule has 3 rings (SSSR count). The largest absolute Gasteiger partial charge is 0.286 e. The van der Waals surface area contributed by atoms with Crippen molar-refractivity contribution in [1.82, 2.24) is 9.21 Å². The second kappa shape index (κ2) is 9.06. The smallest absolute Gasteiger partial charge is 0.259 e. The predicted molar refractivity (Wildman–Crippen MR) is 118 cm³/mol. The molecule has 10 heteroatoms. The van der Waals surface area contributed by atoms with E-state index in [9.17, 15) is 13.2 Å². The fourth-order valence-corrected chi connectivity index (χ4v) is 5.16. The van der Waals surface area contributed by atoms with Crippen LogP contribution in [0.2, 0.25) is 10.0 Å². The van der Waals surface area contributed by atoms with Crippen molar-refractivity contribution in [1.29, 1.82) is 0 Å². The van der Waals surface area contributed by atoms with Crippen molar-refractivity contribution in [2.75, 3.05) is 27.2 Å². The van der Waals surface area contributed by atoms with Crippen molar-refractivity contribution in [2.45, 2.75) is 10.6 Å². The van der Waals surface area contributed by atoms with Crippen molar-refractivity contribution in [3.63, 3.8) is 0 Å². The van der Waals surface area contributed by atoms with Gasteiger partial charge in [-0.15, -0.1) is 0 Å². The summed E-state index contributed by atoms with van der Waals surface area (Å²) in [4.78, 5) is 19.1. The van der Waals surface area contributed by atoms with E-state index in [4.69, 9.17) is 23.2 Å². The fourth-order valence-electron chi connectivity index (χ4n) is 2.66. The molecular weight excluding hydrogens is 453 g/mol. The van der Waals surface area contributed by atoms with Gasteiger partial charge in [0.2, 0.25) is 10.0 Å². The van der Waals surface area contributed by atoms with Crippen LogP contribution in [-0.2, 0) is 15.8 Å². The van der Waals surface area contributed by atoms with Gasteiger partial charge in [-0.05, 0) is 42.0 Å². The first-order chi connectivity index (χ1) is 13.7. The van der Waals surface area contributed by atoms with E-state index in [1.165, 1.54) is 50.1 Å². The number of carbonyl (C=O) groups excluding carboxylic acids is 1. The Morgan fingerprint density at radius 3 is 2.48 bits per heavy atom. The van der Waals surface area contributed by atoms with Gasteiger partial charge in [0, 0.05) is 42.0 Å². The molecule has 0 N–H and O–H groups in total. The summed E-state index contributed by atoms with van der Waals surface area (Å²) in [7, 11) is -0.609. The third-order valence-corrected chi connectivity index (χ3v) is 7.78. The van der Waals surface area contributed by atoms with E-state index in [2.05, 4.69) is 4.99 Å². The number of hydrogen-bond donors (Lipinski definition) is 0. The summed E-state index contributed by atoms with van der Waals surface area (Å²) in [6.45, 7) is 1.00. The van der Waals surface area contributed by atoms with Gasteiger partial charge in [0.1, 0.15) is 0 Å². The van der Waals surface area contributed by atoms with Gasteiger partial charge >= 0.3 is 0 Å². The van der Waals surface area contributed by atoms with Gasteiger partial charge in [0.15, 0.2) is 5.17 Å². The molecule has 0 radical (unpaired) electrons. The van der Waals surface area contributed by atoms with E-state index in [0.717, 1.165) is 9.87 Å². The highest BCUT2D eigenvalue weighted by Gasteiger charge is 2.26. The summed E-state index contributed by atoms with van der Waals surface area (Å²) >= 11 is 13.6. The fraction of sp³-hybridized carbons (Fsp3) is 0.263. The van der Waals surface area contributed by atoms with Crippen LogP contribution in [0.4, 0.5) is 0 Å². The van der Waals surface area contributed by atoms with Gasteiger partial charge < -0.3 is 0 Å². The van der Waals surface area contributed by atoms with E-state index >= 15 is 0 Å². The lowest BCUT2D eigenvalue weighted by atomic mass is 10.2. The third-order valence-electron chi connectivity index (χ3n) is 4.30. The first kappa shape index (κ1) is 22.1. The topological polar surface area (TPSA) is 70.1 Å². The Morgan fingerprint density at radius 1 is 1.17 bits per heavy atom. The molecule has 1 aliphatic rings. The lowest BCUT2D eigenvalue weighted by Gasteiger charge is -2.18. The molecule has 0 unspecified atom stereocenters. The van der Waals surface area contributed by atoms with E-state index in [0.29, 0.717) is 39.6 Å². The summed E-state index contributed by atoms with van der Waals surface area (Å²) in [5.74, 6) is 0.336. The van der Waals surface area contributed by atoms with Gasteiger partial charge in [0.25, 0.3) is 5.91 Å². The number of benzene rings is 2. The molecule has 1 aliphatic heterocycles. The number of rotatable bonds is 5. The molecule has 2 aromatic carbocycles. The molecule has 0 bridgehead atoms. The third kappa shape index (κ3) is 4.95. The van der Waals surface area contributed by atoms with Gasteiger partial charge in [-0.3, -0.25) is 14.7 Å². The number of amides is 1. The number of hydrogen-bond acceptors (Lipinski definition) is 5. The lowest BCUT2D eigenvalue weighted by Crippen LogP contribution is -2.33. The van der Waals surface area contributed by atoms with Gasteiger partial charge in [-0.25, -0.2) is 12.7 Å². The number of sulfonamides is 1. The summed E-state index contributed by atoms with van der Waals surface area (Å²) in [5, 5.41) is 1.75. The highest BCUT2D eigenvalue weighted by atomic mass is 35.5. The minimum Gasteiger partial charge on any atom is -0.286 e. The first-order valence-corrected chi connectivity index (χ1v) is 11.8. The van der Waals surface area contributed by atoms with Crippen LogP contribution in [0.3, 0.4) is 0 Å². The average molecular weight is 472 g/mol. The molecule has 0 aliphatic carbocycles. The number of amidine groups is 1. The molecular formula is C19H19Cl2N3O3S2. The van der Waals surface area contributed by atoms with E-state index in [1.54, 1.807) is 17.0 Å². The van der Waals surface area contributed by atoms with Crippen molar-refractivity contribution < 1.29 is 13.2 Å². The minimum absolute atomic E-state index is 0.140. The van der Waals surface area contributed by atoms with Crippen LogP contribution < -0.4 is 0 Å². The monoisotopic (exact) mass is 471 g/mol. The molecule has 1 heterocycles. The average Bonchev–Trinajstić information content (AvgIpc) is 3.15.